The minimum Gasteiger partial charge on any atom is -0.287 e. The third kappa shape index (κ3) is 2.22. The Morgan fingerprint density at radius 3 is 3.00 bits per heavy atom. The summed E-state index contributed by atoms with van der Waals surface area (Å²) in [7, 11) is 0. The van der Waals surface area contributed by atoms with E-state index in [9.17, 15) is 4.79 Å². The molecule has 0 heterocycles. The van der Waals surface area contributed by atoms with Crippen LogP contribution in [-0.2, 0) is 4.79 Å². The molecule has 1 nitrogen and oxygen atoms in total. The monoisotopic (exact) mass is 142 g/mol. The van der Waals surface area contributed by atoms with Gasteiger partial charge in [-0.3, -0.25) is 4.79 Å². The molecule has 0 bridgehead atoms. The fraction of sp³-hybridized carbons (Fsp3) is 0.571. The van der Waals surface area contributed by atoms with E-state index in [4.69, 9.17) is 0 Å². The van der Waals surface area contributed by atoms with Gasteiger partial charge in [-0.1, -0.05) is 12.2 Å². The molecule has 0 saturated carbocycles. The Morgan fingerprint density at radius 1 is 1.78 bits per heavy atom. The van der Waals surface area contributed by atoms with Crippen LogP contribution in [-0.4, -0.2) is 5.12 Å². The Labute approximate surface area is 60.6 Å². The van der Waals surface area contributed by atoms with E-state index in [0.717, 1.165) is 12.8 Å². The van der Waals surface area contributed by atoms with Crippen molar-refractivity contribution in [1.82, 2.24) is 0 Å². The van der Waals surface area contributed by atoms with Crippen LogP contribution >= 0.6 is 12.6 Å². The van der Waals surface area contributed by atoms with Crippen LogP contribution in [0.1, 0.15) is 19.3 Å². The highest BCUT2D eigenvalue weighted by Crippen LogP contribution is 2.20. The van der Waals surface area contributed by atoms with Crippen molar-refractivity contribution < 1.29 is 4.79 Å². The molecule has 1 aliphatic carbocycles. The van der Waals surface area contributed by atoms with Gasteiger partial charge < -0.3 is 0 Å². The van der Waals surface area contributed by atoms with Crippen molar-refractivity contribution in [2.24, 2.45) is 5.92 Å². The van der Waals surface area contributed by atoms with Gasteiger partial charge in [0.1, 0.15) is 0 Å². The molecule has 0 N–H and O–H groups in total. The van der Waals surface area contributed by atoms with Crippen LogP contribution in [0.4, 0.5) is 0 Å². The van der Waals surface area contributed by atoms with Crippen molar-refractivity contribution in [3.8, 4) is 0 Å². The van der Waals surface area contributed by atoms with E-state index in [0.29, 0.717) is 12.3 Å². The minimum absolute atomic E-state index is 0.00606. The second-order valence-electron chi connectivity index (χ2n) is 2.36. The molecule has 0 aromatic heterocycles. The van der Waals surface area contributed by atoms with E-state index in [1.165, 1.54) is 0 Å². The summed E-state index contributed by atoms with van der Waals surface area (Å²) >= 11 is 3.70. The van der Waals surface area contributed by atoms with Crippen molar-refractivity contribution in [2.45, 2.75) is 19.3 Å². The first kappa shape index (κ1) is 6.87. The van der Waals surface area contributed by atoms with Crippen LogP contribution in [0, 0.1) is 5.92 Å². The van der Waals surface area contributed by atoms with E-state index in [1.807, 2.05) is 0 Å². The van der Waals surface area contributed by atoms with Gasteiger partial charge in [-0.05, 0) is 18.8 Å². The maximum Gasteiger partial charge on any atom is 0.186 e. The highest BCUT2D eigenvalue weighted by Gasteiger charge is 2.10. The normalized spacial score (nSPS) is 24.8. The molecule has 0 fully saturated rings. The van der Waals surface area contributed by atoms with Crippen LogP contribution in [0.5, 0.6) is 0 Å². The first-order valence-corrected chi connectivity index (χ1v) is 3.62. The Hall–Kier alpha value is -0.240. The second-order valence-corrected chi connectivity index (χ2v) is 2.86. The zero-order chi connectivity index (χ0) is 6.69. The van der Waals surface area contributed by atoms with Crippen molar-refractivity contribution in [1.29, 1.82) is 0 Å². The van der Waals surface area contributed by atoms with E-state index >= 15 is 0 Å². The predicted molar refractivity (Wildman–Crippen MR) is 40.5 cm³/mol. The van der Waals surface area contributed by atoms with Gasteiger partial charge in [-0.2, -0.15) is 0 Å². The fourth-order valence-electron chi connectivity index (χ4n) is 1.09. The van der Waals surface area contributed by atoms with Gasteiger partial charge in [-0.15, -0.1) is 12.6 Å². The second kappa shape index (κ2) is 3.06. The highest BCUT2D eigenvalue weighted by molar-refractivity contribution is 7.96. The summed E-state index contributed by atoms with van der Waals surface area (Å²) in [5.41, 5.74) is 0. The van der Waals surface area contributed by atoms with Crippen LogP contribution in [0.15, 0.2) is 12.2 Å². The summed E-state index contributed by atoms with van der Waals surface area (Å²) < 4.78 is 0. The number of carbonyl (C=O) groups is 1. The molecule has 0 radical (unpaired) electrons. The van der Waals surface area contributed by atoms with Gasteiger partial charge in [-0.25, -0.2) is 0 Å². The molecule has 0 saturated heterocycles. The van der Waals surface area contributed by atoms with E-state index < -0.39 is 0 Å². The Kier molecular flexibility index (Phi) is 2.34. The minimum atomic E-state index is 0.00606. The van der Waals surface area contributed by atoms with Gasteiger partial charge in [0.2, 0.25) is 0 Å². The average molecular weight is 142 g/mol. The number of rotatable bonds is 2. The lowest BCUT2D eigenvalue weighted by Gasteiger charge is -2.00. The summed E-state index contributed by atoms with van der Waals surface area (Å²) in [6.45, 7) is 0. The molecule has 1 aliphatic rings. The lowest BCUT2D eigenvalue weighted by molar-refractivity contribution is -0.111. The number of thiol groups is 1. The molecule has 0 aromatic carbocycles. The highest BCUT2D eigenvalue weighted by atomic mass is 32.1. The predicted octanol–water partition coefficient (Wildman–Crippen LogP) is 1.80. The Morgan fingerprint density at radius 2 is 2.56 bits per heavy atom. The number of allylic oxidation sites excluding steroid dienone is 2. The van der Waals surface area contributed by atoms with Crippen molar-refractivity contribution >= 4 is 17.7 Å². The first-order chi connectivity index (χ1) is 4.29. The maximum atomic E-state index is 10.4. The zero-order valence-electron chi connectivity index (χ0n) is 5.21. The van der Waals surface area contributed by atoms with Crippen LogP contribution in [0.3, 0.4) is 0 Å². The van der Waals surface area contributed by atoms with Gasteiger partial charge in [0.05, 0.1) is 0 Å². The lowest BCUT2D eigenvalue weighted by atomic mass is 10.1. The molecule has 0 aliphatic heterocycles. The number of hydrogen-bond acceptors (Lipinski definition) is 1. The first-order valence-electron chi connectivity index (χ1n) is 3.17. The molecular weight excluding hydrogens is 132 g/mol. The third-order valence-electron chi connectivity index (χ3n) is 1.55. The lowest BCUT2D eigenvalue weighted by Crippen LogP contribution is -1.96. The summed E-state index contributed by atoms with van der Waals surface area (Å²) in [6, 6.07) is 0. The largest absolute Gasteiger partial charge is 0.287 e. The summed E-state index contributed by atoms with van der Waals surface area (Å²) in [4.78, 5) is 10.4. The Bertz CT molecular complexity index is 140. The van der Waals surface area contributed by atoms with Crippen molar-refractivity contribution in [2.75, 3.05) is 0 Å². The topological polar surface area (TPSA) is 17.1 Å². The van der Waals surface area contributed by atoms with Gasteiger partial charge >= 0.3 is 0 Å². The van der Waals surface area contributed by atoms with E-state index in [2.05, 4.69) is 24.8 Å². The Balaban J connectivity index is 2.28. The maximum absolute atomic E-state index is 10.4. The molecule has 1 unspecified atom stereocenters. The number of carbonyl (C=O) groups excluding carboxylic acids is 1. The molecule has 50 valence electrons. The van der Waals surface area contributed by atoms with Gasteiger partial charge in [0, 0.05) is 6.42 Å². The smallest absolute Gasteiger partial charge is 0.186 e. The SMILES string of the molecule is O=C(S)CC1C=CCC1. The van der Waals surface area contributed by atoms with Gasteiger partial charge in [0.25, 0.3) is 0 Å². The zero-order valence-corrected chi connectivity index (χ0v) is 6.10. The van der Waals surface area contributed by atoms with Crippen LogP contribution < -0.4 is 0 Å². The van der Waals surface area contributed by atoms with E-state index in [1.54, 1.807) is 0 Å². The average Bonchev–Trinajstić information content (AvgIpc) is 2.15. The molecule has 0 aromatic rings. The molecule has 0 spiro atoms. The summed E-state index contributed by atoms with van der Waals surface area (Å²) in [5, 5.41) is 0.00606. The molecule has 1 atom stereocenters. The molecule has 0 amide bonds. The molecule has 2 heteroatoms. The van der Waals surface area contributed by atoms with Crippen molar-refractivity contribution in [3.63, 3.8) is 0 Å². The van der Waals surface area contributed by atoms with E-state index in [-0.39, 0.29) is 5.12 Å². The summed E-state index contributed by atoms with van der Waals surface area (Å²) in [5.74, 6) is 0.481. The van der Waals surface area contributed by atoms with Gasteiger partial charge in [0.15, 0.2) is 5.12 Å². The quantitative estimate of drug-likeness (QED) is 0.459. The van der Waals surface area contributed by atoms with Crippen LogP contribution in [0.25, 0.3) is 0 Å². The molecule has 1 rings (SSSR count). The molecular formula is C7H10OS. The fourth-order valence-corrected chi connectivity index (χ4v) is 1.32. The number of hydrogen-bond donors (Lipinski definition) is 1. The third-order valence-corrected chi connectivity index (χ3v) is 1.73. The standard InChI is InChI=1S/C7H10OS/c8-7(9)5-6-3-1-2-4-6/h1,3,6H,2,4-5H2,(H,8,9). The molecule has 9 heavy (non-hydrogen) atoms. The summed E-state index contributed by atoms with van der Waals surface area (Å²) in [6.07, 6.45) is 7.10. The van der Waals surface area contributed by atoms with Crippen LogP contribution in [0.2, 0.25) is 0 Å². The van der Waals surface area contributed by atoms with Crippen molar-refractivity contribution in [3.05, 3.63) is 12.2 Å².